The van der Waals surface area contributed by atoms with E-state index < -0.39 is 16.0 Å². The maximum Gasteiger partial charge on any atom is 0.339 e. The number of carbonyl (C=O) groups is 1. The van der Waals surface area contributed by atoms with Gasteiger partial charge < -0.3 is 18.4 Å². The Morgan fingerprint density at radius 3 is 2.33 bits per heavy atom. The summed E-state index contributed by atoms with van der Waals surface area (Å²) in [6.45, 7) is 4.38. The van der Waals surface area contributed by atoms with Crippen molar-refractivity contribution in [2.45, 2.75) is 18.7 Å². The van der Waals surface area contributed by atoms with Crippen LogP contribution in [0.4, 0.5) is 0 Å². The molecule has 1 amide bonds. The van der Waals surface area contributed by atoms with Gasteiger partial charge in [-0.05, 0) is 84.5 Å². The fourth-order valence-corrected chi connectivity index (χ4v) is 4.93. The molecule has 0 aliphatic heterocycles. The predicted molar refractivity (Wildman–Crippen MR) is 144 cm³/mol. The Morgan fingerprint density at radius 2 is 1.67 bits per heavy atom. The third-order valence-electron chi connectivity index (χ3n) is 4.66. The van der Waals surface area contributed by atoms with Crippen molar-refractivity contribution in [2.75, 3.05) is 20.3 Å². The number of benzene rings is 3. The van der Waals surface area contributed by atoms with Crippen molar-refractivity contribution in [3.8, 4) is 23.0 Å². The van der Waals surface area contributed by atoms with E-state index in [9.17, 15) is 13.2 Å². The summed E-state index contributed by atoms with van der Waals surface area (Å²) in [6.07, 6.45) is 1.42. The van der Waals surface area contributed by atoms with Crippen LogP contribution >= 0.6 is 22.6 Å². The molecule has 3 aromatic rings. The number of halogens is 1. The first-order valence-corrected chi connectivity index (χ1v) is 13.4. The molecule has 0 saturated heterocycles. The smallest absolute Gasteiger partial charge is 0.339 e. The summed E-state index contributed by atoms with van der Waals surface area (Å²) in [5.74, 6) is 0.832. The molecule has 1 N–H and O–H groups in total. The summed E-state index contributed by atoms with van der Waals surface area (Å²) in [7, 11) is -2.56. The second-order valence-electron chi connectivity index (χ2n) is 7.11. The number of ether oxygens (including phenoxy) is 3. The Kier molecular flexibility index (Phi) is 9.53. The van der Waals surface area contributed by atoms with Gasteiger partial charge in [-0.3, -0.25) is 4.79 Å². The van der Waals surface area contributed by atoms with Gasteiger partial charge in [-0.25, -0.2) is 5.43 Å². The van der Waals surface area contributed by atoms with Crippen LogP contribution in [-0.2, 0) is 10.1 Å². The van der Waals surface area contributed by atoms with Crippen LogP contribution in [-0.4, -0.2) is 40.9 Å². The molecule has 190 valence electrons. The Bertz CT molecular complexity index is 1350. The van der Waals surface area contributed by atoms with Crippen molar-refractivity contribution in [2.24, 2.45) is 5.10 Å². The van der Waals surface area contributed by atoms with E-state index in [4.69, 9.17) is 18.4 Å². The number of hydrazone groups is 1. The summed E-state index contributed by atoms with van der Waals surface area (Å²) >= 11 is 1.96. The van der Waals surface area contributed by atoms with Gasteiger partial charge in [0.1, 0.15) is 4.90 Å². The van der Waals surface area contributed by atoms with Crippen LogP contribution in [0.2, 0.25) is 0 Å². The second-order valence-corrected chi connectivity index (χ2v) is 9.82. The molecule has 36 heavy (non-hydrogen) atoms. The monoisotopic (exact) mass is 624 g/mol. The van der Waals surface area contributed by atoms with Gasteiger partial charge in [0.2, 0.25) is 0 Å². The minimum atomic E-state index is -4.06. The van der Waals surface area contributed by atoms with E-state index in [1.54, 1.807) is 55.5 Å². The van der Waals surface area contributed by atoms with Crippen LogP contribution < -0.4 is 23.8 Å². The molecular weight excluding hydrogens is 599 g/mol. The van der Waals surface area contributed by atoms with Crippen molar-refractivity contribution in [3.05, 3.63) is 75.4 Å². The van der Waals surface area contributed by atoms with Crippen LogP contribution in [0.25, 0.3) is 0 Å². The van der Waals surface area contributed by atoms with E-state index in [0.717, 1.165) is 0 Å². The molecule has 0 bridgehead atoms. The third kappa shape index (κ3) is 6.88. The Balaban J connectivity index is 1.79. The average Bonchev–Trinajstić information content (AvgIpc) is 2.87. The number of rotatable bonds is 11. The van der Waals surface area contributed by atoms with Gasteiger partial charge in [0.25, 0.3) is 5.91 Å². The zero-order valence-electron chi connectivity index (χ0n) is 19.9. The lowest BCUT2D eigenvalue weighted by molar-refractivity contribution is 0.0954. The molecule has 11 heteroatoms. The molecule has 0 radical (unpaired) electrons. The van der Waals surface area contributed by atoms with Crippen LogP contribution in [0.1, 0.15) is 29.8 Å². The second kappa shape index (κ2) is 12.6. The average molecular weight is 624 g/mol. The zero-order chi connectivity index (χ0) is 26.1. The molecule has 9 nitrogen and oxygen atoms in total. The number of nitrogens with one attached hydrogen (secondary N) is 1. The summed E-state index contributed by atoms with van der Waals surface area (Å²) in [5, 5.41) is 4.01. The van der Waals surface area contributed by atoms with Crippen LogP contribution in [0, 0.1) is 3.57 Å². The molecule has 0 unspecified atom stereocenters. The third-order valence-corrected chi connectivity index (χ3v) is 6.70. The number of nitrogens with zero attached hydrogens (tertiary/aromatic N) is 1. The van der Waals surface area contributed by atoms with Gasteiger partial charge in [0.15, 0.2) is 23.0 Å². The number of carbonyl (C=O) groups excluding carboxylic acids is 1. The lowest BCUT2D eigenvalue weighted by atomic mass is 10.2. The minimum Gasteiger partial charge on any atom is -0.493 e. The topological polar surface area (TPSA) is 113 Å². The van der Waals surface area contributed by atoms with Crippen LogP contribution in [0.3, 0.4) is 0 Å². The number of hydrogen-bond donors (Lipinski definition) is 1. The maximum atomic E-state index is 12.7. The van der Waals surface area contributed by atoms with E-state index in [-0.39, 0.29) is 23.0 Å². The first-order valence-electron chi connectivity index (χ1n) is 10.9. The number of hydrogen-bond acceptors (Lipinski definition) is 8. The largest absolute Gasteiger partial charge is 0.493 e. The fraction of sp³-hybridized carbons (Fsp3) is 0.200. The molecule has 0 saturated carbocycles. The molecule has 3 rings (SSSR count). The molecule has 0 spiro atoms. The highest BCUT2D eigenvalue weighted by Crippen LogP contribution is 2.36. The van der Waals surface area contributed by atoms with Crippen LogP contribution in [0.5, 0.6) is 23.0 Å². The van der Waals surface area contributed by atoms with Crippen molar-refractivity contribution >= 4 is 44.8 Å². The standard InChI is InChI=1S/C25H25IN2O7S/c1-4-33-21-12-11-18(15-22(21)32-3)25(29)28-27-16-17-13-20(26)24(23(14-17)34-5-2)35-36(30,31)19-9-7-6-8-10-19/h6-16H,4-5H2,1-3H3,(H,28,29)/b27-16+. The predicted octanol–water partition coefficient (Wildman–Crippen LogP) is 4.63. The van der Waals surface area contributed by atoms with Crippen molar-refractivity contribution in [3.63, 3.8) is 0 Å². The van der Waals surface area contributed by atoms with Crippen molar-refractivity contribution in [1.29, 1.82) is 0 Å². The highest BCUT2D eigenvalue weighted by atomic mass is 127. The summed E-state index contributed by atoms with van der Waals surface area (Å²) < 4.78 is 47.7. The molecule has 0 aliphatic carbocycles. The van der Waals surface area contributed by atoms with Gasteiger partial charge in [-0.15, -0.1) is 0 Å². The summed E-state index contributed by atoms with van der Waals surface area (Å²) in [4.78, 5) is 12.6. The van der Waals surface area contributed by atoms with Crippen molar-refractivity contribution in [1.82, 2.24) is 5.43 Å². The quantitative estimate of drug-likeness (QED) is 0.143. The Labute approximate surface area is 223 Å². The normalized spacial score (nSPS) is 11.2. The van der Waals surface area contributed by atoms with Gasteiger partial charge in [0.05, 0.1) is 30.1 Å². The van der Waals surface area contributed by atoms with Crippen LogP contribution in [0.15, 0.2) is 70.7 Å². The lowest BCUT2D eigenvalue weighted by Gasteiger charge is -2.14. The van der Waals surface area contributed by atoms with Gasteiger partial charge in [0, 0.05) is 5.56 Å². The summed E-state index contributed by atoms with van der Waals surface area (Å²) in [5.41, 5.74) is 3.37. The first-order chi connectivity index (χ1) is 17.3. The van der Waals surface area contributed by atoms with Gasteiger partial charge in [-0.2, -0.15) is 13.5 Å². The first kappa shape index (κ1) is 27.3. The van der Waals surface area contributed by atoms with Gasteiger partial charge >= 0.3 is 10.1 Å². The van der Waals surface area contributed by atoms with E-state index in [2.05, 4.69) is 10.5 Å². The molecule has 0 aliphatic rings. The Hall–Kier alpha value is -3.32. The molecule has 0 atom stereocenters. The van der Waals surface area contributed by atoms with E-state index >= 15 is 0 Å². The molecule has 0 heterocycles. The Morgan fingerprint density at radius 1 is 0.972 bits per heavy atom. The molecule has 0 fully saturated rings. The highest BCUT2D eigenvalue weighted by molar-refractivity contribution is 14.1. The number of amides is 1. The van der Waals surface area contributed by atoms with E-state index in [0.29, 0.717) is 32.8 Å². The molecular formula is C25H25IN2O7S. The van der Waals surface area contributed by atoms with Gasteiger partial charge in [-0.1, -0.05) is 18.2 Å². The summed E-state index contributed by atoms with van der Waals surface area (Å²) in [6, 6.07) is 15.9. The minimum absolute atomic E-state index is 0.0301. The maximum absolute atomic E-state index is 12.7. The SMILES string of the molecule is CCOc1ccc(C(=O)N/N=C/c2cc(I)c(OS(=O)(=O)c3ccccc3)c(OCC)c2)cc1OC. The lowest BCUT2D eigenvalue weighted by Crippen LogP contribution is -2.17. The van der Waals surface area contributed by atoms with Crippen molar-refractivity contribution < 1.29 is 31.6 Å². The molecule has 3 aromatic carbocycles. The fourth-order valence-electron chi connectivity index (χ4n) is 3.06. The number of methoxy groups -OCH3 is 1. The van der Waals surface area contributed by atoms with E-state index in [1.165, 1.54) is 25.5 Å². The molecule has 0 aromatic heterocycles. The van der Waals surface area contributed by atoms with E-state index in [1.807, 2.05) is 29.5 Å². The highest BCUT2D eigenvalue weighted by Gasteiger charge is 2.22. The zero-order valence-corrected chi connectivity index (χ0v) is 22.8.